The Morgan fingerprint density at radius 1 is 1.14 bits per heavy atom. The zero-order chi connectivity index (χ0) is 15.2. The number of benzene rings is 2. The minimum atomic E-state index is 0.133. The van der Waals surface area contributed by atoms with Crippen molar-refractivity contribution in [1.82, 2.24) is 4.90 Å². The summed E-state index contributed by atoms with van der Waals surface area (Å²) in [5.41, 5.74) is 3.27. The van der Waals surface area contributed by atoms with Crippen LogP contribution in [-0.4, -0.2) is 24.3 Å². The molecule has 2 nitrogen and oxygen atoms in total. The molecule has 0 radical (unpaired) electrons. The van der Waals surface area contributed by atoms with Crippen molar-refractivity contribution < 1.29 is 4.79 Å². The molecule has 0 aliphatic carbocycles. The van der Waals surface area contributed by atoms with Crippen LogP contribution in [0.4, 0.5) is 0 Å². The molecule has 2 aromatic rings. The molecule has 0 aromatic heterocycles. The van der Waals surface area contributed by atoms with E-state index >= 15 is 0 Å². The Bertz CT molecular complexity index is 624. The van der Waals surface area contributed by atoms with Crippen LogP contribution in [-0.2, 0) is 6.54 Å². The Morgan fingerprint density at radius 2 is 1.90 bits per heavy atom. The van der Waals surface area contributed by atoms with Gasteiger partial charge in [0.25, 0.3) is 0 Å². The van der Waals surface area contributed by atoms with E-state index in [0.29, 0.717) is 17.0 Å². The van der Waals surface area contributed by atoms with Crippen molar-refractivity contribution in [3.8, 4) is 0 Å². The first-order valence-electron chi connectivity index (χ1n) is 7.08. The van der Waals surface area contributed by atoms with Gasteiger partial charge in [0.15, 0.2) is 5.78 Å². The molecule has 0 amide bonds. The summed E-state index contributed by atoms with van der Waals surface area (Å²) in [6.07, 6.45) is 0.503. The number of halogens is 1. The predicted molar refractivity (Wildman–Crippen MR) is 87.9 cm³/mol. The lowest BCUT2D eigenvalue weighted by Crippen LogP contribution is -2.22. The second kappa shape index (κ2) is 7.39. The number of carbonyl (C=O) groups is 1. The lowest BCUT2D eigenvalue weighted by atomic mass is 10.1. The quantitative estimate of drug-likeness (QED) is 0.739. The smallest absolute Gasteiger partial charge is 0.164 e. The van der Waals surface area contributed by atoms with E-state index in [4.69, 9.17) is 11.6 Å². The predicted octanol–water partition coefficient (Wildman–Crippen LogP) is 4.35. The van der Waals surface area contributed by atoms with E-state index in [2.05, 4.69) is 24.0 Å². The van der Waals surface area contributed by atoms with Crippen LogP contribution in [0.5, 0.6) is 0 Å². The van der Waals surface area contributed by atoms with Crippen molar-refractivity contribution in [2.45, 2.75) is 19.9 Å². The number of ketones is 1. The van der Waals surface area contributed by atoms with Gasteiger partial charge < -0.3 is 4.90 Å². The van der Waals surface area contributed by atoms with Gasteiger partial charge in [-0.25, -0.2) is 0 Å². The highest BCUT2D eigenvalue weighted by molar-refractivity contribution is 6.31. The largest absolute Gasteiger partial charge is 0.302 e. The molecule has 21 heavy (non-hydrogen) atoms. The minimum Gasteiger partial charge on any atom is -0.302 e. The number of aryl methyl sites for hydroxylation is 1. The van der Waals surface area contributed by atoms with E-state index in [9.17, 15) is 4.79 Å². The van der Waals surface area contributed by atoms with Crippen molar-refractivity contribution in [3.05, 3.63) is 70.2 Å². The molecule has 0 saturated heterocycles. The van der Waals surface area contributed by atoms with Gasteiger partial charge in [-0.05, 0) is 37.2 Å². The van der Waals surface area contributed by atoms with E-state index in [1.54, 1.807) is 12.1 Å². The average Bonchev–Trinajstić information content (AvgIpc) is 2.47. The molecule has 0 aliphatic rings. The van der Waals surface area contributed by atoms with Gasteiger partial charge in [-0.15, -0.1) is 0 Å². The summed E-state index contributed by atoms with van der Waals surface area (Å²) < 4.78 is 0. The van der Waals surface area contributed by atoms with Crippen LogP contribution in [0.25, 0.3) is 0 Å². The Kier molecular flexibility index (Phi) is 5.54. The molecule has 0 spiro atoms. The Labute approximate surface area is 131 Å². The SMILES string of the molecule is Cc1ccccc1CN(C)CCC(=O)c1cccc(Cl)c1. The van der Waals surface area contributed by atoms with Gasteiger partial charge in [-0.3, -0.25) is 4.79 Å². The van der Waals surface area contributed by atoms with E-state index in [1.165, 1.54) is 11.1 Å². The first kappa shape index (κ1) is 15.7. The van der Waals surface area contributed by atoms with Gasteiger partial charge in [-0.1, -0.05) is 48.0 Å². The number of carbonyl (C=O) groups excluding carboxylic acids is 1. The van der Waals surface area contributed by atoms with Gasteiger partial charge in [0.2, 0.25) is 0 Å². The minimum absolute atomic E-state index is 0.133. The highest BCUT2D eigenvalue weighted by atomic mass is 35.5. The molecule has 0 aliphatic heterocycles. The van der Waals surface area contributed by atoms with E-state index < -0.39 is 0 Å². The molecule has 0 fully saturated rings. The maximum atomic E-state index is 12.1. The number of rotatable bonds is 6. The first-order valence-corrected chi connectivity index (χ1v) is 7.46. The van der Waals surface area contributed by atoms with E-state index in [0.717, 1.165) is 13.1 Å². The Balaban J connectivity index is 1.88. The maximum absolute atomic E-state index is 12.1. The lowest BCUT2D eigenvalue weighted by Gasteiger charge is -2.17. The Hall–Kier alpha value is -1.64. The summed E-state index contributed by atoms with van der Waals surface area (Å²) in [5.74, 6) is 0.133. The average molecular weight is 302 g/mol. The van der Waals surface area contributed by atoms with Gasteiger partial charge in [0, 0.05) is 30.1 Å². The highest BCUT2D eigenvalue weighted by Crippen LogP contribution is 2.13. The molecule has 0 heterocycles. The molecular weight excluding hydrogens is 282 g/mol. The van der Waals surface area contributed by atoms with Crippen LogP contribution in [0.1, 0.15) is 27.9 Å². The van der Waals surface area contributed by atoms with Crippen LogP contribution >= 0.6 is 11.6 Å². The zero-order valence-electron chi connectivity index (χ0n) is 12.5. The van der Waals surface area contributed by atoms with Gasteiger partial charge in [0.1, 0.15) is 0 Å². The van der Waals surface area contributed by atoms with Crippen molar-refractivity contribution >= 4 is 17.4 Å². The van der Waals surface area contributed by atoms with Crippen molar-refractivity contribution in [2.24, 2.45) is 0 Å². The van der Waals surface area contributed by atoms with Crippen molar-refractivity contribution in [2.75, 3.05) is 13.6 Å². The lowest BCUT2D eigenvalue weighted by molar-refractivity contribution is 0.0968. The zero-order valence-corrected chi connectivity index (χ0v) is 13.2. The molecule has 2 aromatic carbocycles. The second-order valence-electron chi connectivity index (χ2n) is 5.35. The van der Waals surface area contributed by atoms with Crippen LogP contribution < -0.4 is 0 Å². The van der Waals surface area contributed by atoms with Crippen LogP contribution in [0.2, 0.25) is 5.02 Å². The van der Waals surface area contributed by atoms with E-state index in [1.807, 2.05) is 31.3 Å². The molecule has 0 N–H and O–H groups in total. The summed E-state index contributed by atoms with van der Waals surface area (Å²) in [5, 5.41) is 0.606. The molecule has 2 rings (SSSR count). The third-order valence-corrected chi connectivity index (χ3v) is 3.80. The third kappa shape index (κ3) is 4.69. The number of hydrogen-bond acceptors (Lipinski definition) is 2. The highest BCUT2D eigenvalue weighted by Gasteiger charge is 2.09. The molecule has 0 unspecified atom stereocenters. The second-order valence-corrected chi connectivity index (χ2v) is 5.78. The van der Waals surface area contributed by atoms with Gasteiger partial charge >= 0.3 is 0 Å². The maximum Gasteiger partial charge on any atom is 0.164 e. The van der Waals surface area contributed by atoms with Crippen molar-refractivity contribution in [3.63, 3.8) is 0 Å². The molecular formula is C18H20ClNO. The third-order valence-electron chi connectivity index (χ3n) is 3.57. The normalized spacial score (nSPS) is 10.9. The van der Waals surface area contributed by atoms with Gasteiger partial charge in [0.05, 0.1) is 0 Å². The summed E-state index contributed by atoms with van der Waals surface area (Å²) in [4.78, 5) is 14.3. The standard InChI is InChI=1S/C18H20ClNO/c1-14-6-3-4-7-16(14)13-20(2)11-10-18(21)15-8-5-9-17(19)12-15/h3-9,12H,10-11,13H2,1-2H3. The monoisotopic (exact) mass is 301 g/mol. The van der Waals surface area contributed by atoms with Crippen LogP contribution in [0, 0.1) is 6.92 Å². The van der Waals surface area contributed by atoms with Crippen molar-refractivity contribution in [1.29, 1.82) is 0 Å². The first-order chi connectivity index (χ1) is 10.1. The number of hydrogen-bond donors (Lipinski definition) is 0. The fourth-order valence-corrected chi connectivity index (χ4v) is 2.45. The Morgan fingerprint density at radius 3 is 2.62 bits per heavy atom. The molecule has 0 bridgehead atoms. The molecule has 0 atom stereocenters. The summed E-state index contributed by atoms with van der Waals surface area (Å²) in [6.45, 7) is 3.70. The fourth-order valence-electron chi connectivity index (χ4n) is 2.26. The van der Waals surface area contributed by atoms with Crippen LogP contribution in [0.3, 0.4) is 0 Å². The molecule has 110 valence electrons. The fraction of sp³-hybridized carbons (Fsp3) is 0.278. The van der Waals surface area contributed by atoms with Gasteiger partial charge in [-0.2, -0.15) is 0 Å². The molecule has 0 saturated carbocycles. The molecule has 3 heteroatoms. The number of nitrogens with zero attached hydrogens (tertiary/aromatic N) is 1. The number of Topliss-reactive ketones (excluding diaryl/α,β-unsaturated/α-hetero) is 1. The topological polar surface area (TPSA) is 20.3 Å². The van der Waals surface area contributed by atoms with Crippen LogP contribution in [0.15, 0.2) is 48.5 Å². The summed E-state index contributed by atoms with van der Waals surface area (Å²) >= 11 is 5.91. The summed E-state index contributed by atoms with van der Waals surface area (Å²) in [6, 6.07) is 15.5. The van der Waals surface area contributed by atoms with E-state index in [-0.39, 0.29) is 5.78 Å². The summed E-state index contributed by atoms with van der Waals surface area (Å²) in [7, 11) is 2.04.